The zero-order chi connectivity index (χ0) is 20.2. The van der Waals surface area contributed by atoms with Crippen LogP contribution in [0.4, 0.5) is 10.5 Å². The summed E-state index contributed by atoms with van der Waals surface area (Å²) in [5, 5.41) is 11.4. The minimum atomic E-state index is -0.415. The molecule has 1 amide bonds. The van der Waals surface area contributed by atoms with Gasteiger partial charge in [-0.25, -0.2) is 4.79 Å². The average molecular weight is 395 g/mol. The predicted molar refractivity (Wildman–Crippen MR) is 111 cm³/mol. The lowest BCUT2D eigenvalue weighted by Gasteiger charge is -2.20. The molecule has 3 aromatic rings. The van der Waals surface area contributed by atoms with Gasteiger partial charge < -0.3 is 14.4 Å². The molecule has 1 aromatic carbocycles. The number of nitrogens with zero attached hydrogens (tertiary/aromatic N) is 3. The lowest BCUT2D eigenvalue weighted by molar-refractivity contribution is 0.0958. The van der Waals surface area contributed by atoms with Gasteiger partial charge in [-0.15, -0.1) is 0 Å². The van der Waals surface area contributed by atoms with E-state index in [2.05, 4.69) is 31.5 Å². The second-order valence-corrected chi connectivity index (χ2v) is 7.30. The Morgan fingerprint density at radius 2 is 2.10 bits per heavy atom. The first-order valence-electron chi connectivity index (χ1n) is 9.70. The molecule has 0 radical (unpaired) electrons. The van der Waals surface area contributed by atoms with Crippen LogP contribution in [0.1, 0.15) is 12.0 Å². The highest BCUT2D eigenvalue weighted by molar-refractivity contribution is 5.98. The number of pyridine rings is 1. The van der Waals surface area contributed by atoms with Gasteiger partial charge in [0.05, 0.1) is 12.1 Å². The first-order valence-corrected chi connectivity index (χ1v) is 9.70. The Labute approximate surface area is 169 Å². The maximum Gasteiger partial charge on any atom is 0.411 e. The number of benzene rings is 1. The van der Waals surface area contributed by atoms with Crippen LogP contribution in [0.5, 0.6) is 0 Å². The van der Waals surface area contributed by atoms with E-state index in [1.807, 2.05) is 25.2 Å². The number of methoxy groups -OCH3 is 1. The Bertz CT molecular complexity index is 989. The molecule has 8 heteroatoms. The monoisotopic (exact) mass is 395 g/mol. The number of H-pyrrole nitrogens is 1. The minimum Gasteiger partial charge on any atom is -0.446 e. The van der Waals surface area contributed by atoms with E-state index >= 15 is 0 Å². The van der Waals surface area contributed by atoms with Crippen molar-refractivity contribution in [1.82, 2.24) is 20.1 Å². The molecule has 1 aliphatic rings. The van der Waals surface area contributed by atoms with Gasteiger partial charge in [0.25, 0.3) is 0 Å². The molecule has 152 valence electrons. The van der Waals surface area contributed by atoms with Crippen molar-refractivity contribution in [2.45, 2.75) is 18.9 Å². The van der Waals surface area contributed by atoms with Crippen molar-refractivity contribution in [2.75, 3.05) is 39.2 Å². The summed E-state index contributed by atoms with van der Waals surface area (Å²) in [6.45, 7) is 2.35. The molecule has 2 N–H and O–H groups in total. The molecule has 1 aliphatic heterocycles. The fourth-order valence-corrected chi connectivity index (χ4v) is 3.59. The minimum absolute atomic E-state index is 0.185. The van der Waals surface area contributed by atoms with Gasteiger partial charge >= 0.3 is 6.09 Å². The van der Waals surface area contributed by atoms with Crippen molar-refractivity contribution >= 4 is 22.7 Å². The quantitative estimate of drug-likeness (QED) is 0.639. The summed E-state index contributed by atoms with van der Waals surface area (Å²) in [5.74, 6) is 0. The summed E-state index contributed by atoms with van der Waals surface area (Å²) < 4.78 is 10.7. The first-order chi connectivity index (χ1) is 14.1. The average Bonchev–Trinajstić information content (AvgIpc) is 3.06. The second-order valence-electron chi connectivity index (χ2n) is 7.30. The van der Waals surface area contributed by atoms with Crippen molar-refractivity contribution in [3.63, 3.8) is 0 Å². The molecule has 0 spiro atoms. The summed E-state index contributed by atoms with van der Waals surface area (Å²) >= 11 is 0. The molecule has 1 atom stereocenters. The number of amides is 1. The van der Waals surface area contributed by atoms with Gasteiger partial charge in [0.2, 0.25) is 0 Å². The van der Waals surface area contributed by atoms with E-state index in [1.165, 1.54) is 0 Å². The van der Waals surface area contributed by atoms with Crippen molar-refractivity contribution in [3.05, 3.63) is 42.2 Å². The molecular weight excluding hydrogens is 370 g/mol. The molecule has 8 nitrogen and oxygen atoms in total. The fourth-order valence-electron chi connectivity index (χ4n) is 3.59. The van der Waals surface area contributed by atoms with Crippen LogP contribution in [-0.4, -0.2) is 66.1 Å². The van der Waals surface area contributed by atoms with E-state index in [1.54, 1.807) is 19.5 Å². The Morgan fingerprint density at radius 1 is 1.28 bits per heavy atom. The largest absolute Gasteiger partial charge is 0.446 e. The number of aromatic amines is 1. The third-order valence-electron chi connectivity index (χ3n) is 5.21. The number of rotatable bonds is 7. The van der Waals surface area contributed by atoms with Gasteiger partial charge in [-0.1, -0.05) is 0 Å². The van der Waals surface area contributed by atoms with Crippen LogP contribution in [0.25, 0.3) is 22.2 Å². The topological polar surface area (TPSA) is 92.4 Å². The normalized spacial score (nSPS) is 16.4. The smallest absolute Gasteiger partial charge is 0.411 e. The molecule has 4 rings (SSSR count). The van der Waals surface area contributed by atoms with E-state index in [0.29, 0.717) is 13.0 Å². The van der Waals surface area contributed by atoms with E-state index < -0.39 is 6.09 Å². The van der Waals surface area contributed by atoms with Crippen LogP contribution in [0.15, 0.2) is 36.7 Å². The van der Waals surface area contributed by atoms with Gasteiger partial charge in [-0.3, -0.25) is 15.4 Å². The molecule has 0 saturated heterocycles. The number of anilines is 1. The van der Waals surface area contributed by atoms with Crippen molar-refractivity contribution < 1.29 is 14.3 Å². The highest BCUT2D eigenvalue weighted by Gasteiger charge is 2.24. The molecule has 3 heterocycles. The number of aromatic nitrogens is 3. The van der Waals surface area contributed by atoms with E-state index in [-0.39, 0.29) is 6.10 Å². The van der Waals surface area contributed by atoms with Gasteiger partial charge in [0.1, 0.15) is 11.8 Å². The SMILES string of the molecule is COCCN(C)CCC1Cc2cc3c(-c4ccncc4)n[nH]c3cc2NC(=O)O1. The number of nitrogens with one attached hydrogen (secondary N) is 2. The fraction of sp³-hybridized carbons (Fsp3) is 0.381. The zero-order valence-electron chi connectivity index (χ0n) is 16.6. The zero-order valence-corrected chi connectivity index (χ0v) is 16.6. The van der Waals surface area contributed by atoms with Gasteiger partial charge in [-0.05, 0) is 43.3 Å². The standard InChI is InChI=1S/C21H25N5O3/c1-26(9-10-28-2)8-5-16-11-15-12-17-19(13-18(15)23-21(27)29-16)24-25-20(17)14-3-6-22-7-4-14/h3-4,6-7,12-13,16H,5,8-11H2,1-2H3,(H,23,27)(H,24,25). The number of carbonyl (C=O) groups excluding carboxylic acids is 1. The Kier molecular flexibility index (Phi) is 5.73. The van der Waals surface area contributed by atoms with Crippen LogP contribution in [0.2, 0.25) is 0 Å². The number of hydrogen-bond donors (Lipinski definition) is 2. The predicted octanol–water partition coefficient (Wildman–Crippen LogP) is 3.07. The molecule has 0 bridgehead atoms. The first kappa shape index (κ1) is 19.4. The highest BCUT2D eigenvalue weighted by atomic mass is 16.6. The number of cyclic esters (lactones) is 1. The van der Waals surface area contributed by atoms with Crippen LogP contribution in [0, 0.1) is 0 Å². The summed E-state index contributed by atoms with van der Waals surface area (Å²) in [4.78, 5) is 18.5. The maximum absolute atomic E-state index is 12.2. The summed E-state index contributed by atoms with van der Waals surface area (Å²) in [5.41, 5.74) is 4.55. The van der Waals surface area contributed by atoms with Gasteiger partial charge in [0.15, 0.2) is 0 Å². The second kappa shape index (κ2) is 8.59. The lowest BCUT2D eigenvalue weighted by Crippen LogP contribution is -2.29. The molecule has 29 heavy (non-hydrogen) atoms. The molecule has 1 unspecified atom stereocenters. The third kappa shape index (κ3) is 4.38. The number of fused-ring (bicyclic) bond motifs is 2. The third-order valence-corrected chi connectivity index (χ3v) is 5.21. The van der Waals surface area contributed by atoms with Crippen LogP contribution in [0.3, 0.4) is 0 Å². The van der Waals surface area contributed by atoms with E-state index in [4.69, 9.17) is 9.47 Å². The van der Waals surface area contributed by atoms with Gasteiger partial charge in [-0.2, -0.15) is 5.10 Å². The van der Waals surface area contributed by atoms with Crippen molar-refractivity contribution in [3.8, 4) is 11.3 Å². The Balaban J connectivity index is 1.58. The number of likely N-dealkylation sites (N-methyl/N-ethyl adjacent to an activating group) is 1. The van der Waals surface area contributed by atoms with E-state index in [0.717, 1.165) is 52.9 Å². The molecule has 0 aliphatic carbocycles. The number of ether oxygens (including phenoxy) is 2. The molecular formula is C21H25N5O3. The summed E-state index contributed by atoms with van der Waals surface area (Å²) in [7, 11) is 3.74. The molecule has 0 saturated carbocycles. The van der Waals surface area contributed by atoms with Crippen LogP contribution in [-0.2, 0) is 15.9 Å². The Hall–Kier alpha value is -2.97. The summed E-state index contributed by atoms with van der Waals surface area (Å²) in [6.07, 6.45) is 4.32. The Morgan fingerprint density at radius 3 is 2.90 bits per heavy atom. The highest BCUT2D eigenvalue weighted by Crippen LogP contribution is 2.32. The lowest BCUT2D eigenvalue weighted by atomic mass is 10.00. The number of carbonyl (C=O) groups is 1. The van der Waals surface area contributed by atoms with Crippen molar-refractivity contribution in [2.24, 2.45) is 0 Å². The molecule has 2 aromatic heterocycles. The van der Waals surface area contributed by atoms with Crippen molar-refractivity contribution in [1.29, 1.82) is 0 Å². The number of hydrogen-bond acceptors (Lipinski definition) is 6. The summed E-state index contributed by atoms with van der Waals surface area (Å²) in [6, 6.07) is 7.90. The molecule has 0 fully saturated rings. The maximum atomic E-state index is 12.2. The van der Waals surface area contributed by atoms with Gasteiger partial charge in [0, 0.05) is 55.7 Å². The van der Waals surface area contributed by atoms with Crippen LogP contribution >= 0.6 is 0 Å². The van der Waals surface area contributed by atoms with E-state index in [9.17, 15) is 4.79 Å². The van der Waals surface area contributed by atoms with Crippen LogP contribution < -0.4 is 5.32 Å².